The molecule has 136 valence electrons. The molecule has 0 saturated heterocycles. The molecule has 0 atom stereocenters. The Morgan fingerprint density at radius 3 is 2.72 bits per heavy atom. The molecule has 0 radical (unpaired) electrons. The van der Waals surface area contributed by atoms with Crippen LogP contribution in [0.4, 0.5) is 0 Å². The third kappa shape index (κ3) is 7.16. The molecule has 3 N–H and O–H groups in total. The maximum Gasteiger partial charge on any atom is 0.191 e. The van der Waals surface area contributed by atoms with Gasteiger partial charge in [-0.05, 0) is 36.8 Å². The number of benzene rings is 1. The van der Waals surface area contributed by atoms with Gasteiger partial charge in [-0.2, -0.15) is 0 Å². The van der Waals surface area contributed by atoms with Gasteiger partial charge in [-0.1, -0.05) is 12.1 Å². The maximum absolute atomic E-state index is 9.82. The Morgan fingerprint density at radius 1 is 1.24 bits per heavy atom. The van der Waals surface area contributed by atoms with E-state index in [1.54, 1.807) is 18.3 Å². The molecule has 0 spiro atoms. The molecule has 1 aromatic carbocycles. The summed E-state index contributed by atoms with van der Waals surface area (Å²) in [7, 11) is 1.53. The SMILES string of the molecule is CCNC(=NCc1ccc(OC)c(O)c1)NCCc1ccccn1.I. The fourth-order valence-corrected chi connectivity index (χ4v) is 2.20. The Kier molecular flexibility index (Phi) is 9.68. The first-order valence-corrected chi connectivity index (χ1v) is 8.01. The van der Waals surface area contributed by atoms with Crippen molar-refractivity contribution in [1.29, 1.82) is 0 Å². The van der Waals surface area contributed by atoms with Crippen molar-refractivity contribution in [3.63, 3.8) is 0 Å². The van der Waals surface area contributed by atoms with Crippen LogP contribution in [0.25, 0.3) is 0 Å². The number of hydrogen-bond donors (Lipinski definition) is 3. The molecule has 1 heterocycles. The van der Waals surface area contributed by atoms with Crippen molar-refractivity contribution in [2.75, 3.05) is 20.2 Å². The quantitative estimate of drug-likeness (QED) is 0.339. The summed E-state index contributed by atoms with van der Waals surface area (Å²) >= 11 is 0. The first kappa shape index (κ1) is 21.0. The molecular weight excluding hydrogens is 431 g/mol. The summed E-state index contributed by atoms with van der Waals surface area (Å²) in [5.41, 5.74) is 1.95. The number of halogens is 1. The van der Waals surface area contributed by atoms with E-state index in [2.05, 4.69) is 20.6 Å². The molecular formula is C18H25IN4O2. The molecule has 0 fully saturated rings. The smallest absolute Gasteiger partial charge is 0.191 e. The van der Waals surface area contributed by atoms with Crippen LogP contribution in [-0.2, 0) is 13.0 Å². The van der Waals surface area contributed by atoms with Gasteiger partial charge in [0.2, 0.25) is 0 Å². The number of hydrogen-bond acceptors (Lipinski definition) is 4. The molecule has 0 saturated carbocycles. The topological polar surface area (TPSA) is 78.8 Å². The highest BCUT2D eigenvalue weighted by Crippen LogP contribution is 2.26. The molecule has 0 aliphatic rings. The van der Waals surface area contributed by atoms with Crippen LogP contribution in [0.2, 0.25) is 0 Å². The lowest BCUT2D eigenvalue weighted by Crippen LogP contribution is -2.38. The monoisotopic (exact) mass is 456 g/mol. The van der Waals surface area contributed by atoms with Crippen LogP contribution in [0.5, 0.6) is 11.5 Å². The van der Waals surface area contributed by atoms with Gasteiger partial charge in [-0.3, -0.25) is 4.98 Å². The van der Waals surface area contributed by atoms with Crippen LogP contribution in [0.3, 0.4) is 0 Å². The molecule has 25 heavy (non-hydrogen) atoms. The summed E-state index contributed by atoms with van der Waals surface area (Å²) in [5, 5.41) is 16.3. The molecule has 0 amide bonds. The lowest BCUT2D eigenvalue weighted by Gasteiger charge is -2.11. The zero-order valence-corrected chi connectivity index (χ0v) is 16.9. The first-order chi connectivity index (χ1) is 11.7. The Morgan fingerprint density at radius 2 is 2.08 bits per heavy atom. The number of ether oxygens (including phenoxy) is 1. The molecule has 0 aliphatic carbocycles. The Bertz CT molecular complexity index is 665. The minimum atomic E-state index is 0. The predicted octanol–water partition coefficient (Wildman–Crippen LogP) is 2.71. The number of rotatable bonds is 7. The van der Waals surface area contributed by atoms with Crippen molar-refractivity contribution < 1.29 is 9.84 Å². The summed E-state index contributed by atoms with van der Waals surface area (Å²) in [6.07, 6.45) is 2.62. The van der Waals surface area contributed by atoms with Gasteiger partial charge in [0, 0.05) is 31.4 Å². The second kappa shape index (κ2) is 11.5. The summed E-state index contributed by atoms with van der Waals surface area (Å²) in [6, 6.07) is 11.2. The molecule has 0 bridgehead atoms. The number of aliphatic imine (C=N–C) groups is 1. The summed E-state index contributed by atoms with van der Waals surface area (Å²) in [5.74, 6) is 1.32. The van der Waals surface area contributed by atoms with Gasteiger partial charge in [0.15, 0.2) is 17.5 Å². The lowest BCUT2D eigenvalue weighted by molar-refractivity contribution is 0.373. The number of nitrogens with one attached hydrogen (secondary N) is 2. The van der Waals surface area contributed by atoms with Crippen LogP contribution >= 0.6 is 24.0 Å². The molecule has 0 unspecified atom stereocenters. The van der Waals surface area contributed by atoms with Gasteiger partial charge in [0.1, 0.15) is 0 Å². The number of aromatic hydroxyl groups is 1. The van der Waals surface area contributed by atoms with E-state index in [1.165, 1.54) is 7.11 Å². The predicted molar refractivity (Wildman–Crippen MR) is 111 cm³/mol. The number of guanidine groups is 1. The highest BCUT2D eigenvalue weighted by molar-refractivity contribution is 14.0. The summed E-state index contributed by atoms with van der Waals surface area (Å²) < 4.78 is 5.04. The standard InChI is InChI=1S/C18H24N4O2.HI/c1-3-19-18(21-11-9-15-6-4-5-10-20-15)22-13-14-7-8-17(24-2)16(23)12-14;/h4-8,10,12,23H,3,9,11,13H2,1-2H3,(H2,19,21,22);1H. The fourth-order valence-electron chi connectivity index (χ4n) is 2.20. The van der Waals surface area contributed by atoms with Gasteiger partial charge >= 0.3 is 0 Å². The van der Waals surface area contributed by atoms with Crippen LogP contribution in [0.1, 0.15) is 18.2 Å². The van der Waals surface area contributed by atoms with Crippen molar-refractivity contribution in [2.24, 2.45) is 4.99 Å². The second-order valence-corrected chi connectivity index (χ2v) is 5.20. The van der Waals surface area contributed by atoms with Gasteiger partial charge in [0.05, 0.1) is 13.7 Å². The van der Waals surface area contributed by atoms with Crippen LogP contribution in [0, 0.1) is 0 Å². The van der Waals surface area contributed by atoms with Gasteiger partial charge in [0.25, 0.3) is 0 Å². The van der Waals surface area contributed by atoms with Crippen molar-refractivity contribution >= 4 is 29.9 Å². The highest BCUT2D eigenvalue weighted by Gasteiger charge is 2.03. The zero-order chi connectivity index (χ0) is 17.2. The third-order valence-electron chi connectivity index (χ3n) is 3.41. The molecule has 2 rings (SSSR count). The normalized spacial score (nSPS) is 10.7. The van der Waals surface area contributed by atoms with Gasteiger partial charge in [-0.15, -0.1) is 24.0 Å². The van der Waals surface area contributed by atoms with Crippen molar-refractivity contribution in [3.8, 4) is 11.5 Å². The molecule has 6 nitrogen and oxygen atoms in total. The van der Waals surface area contributed by atoms with E-state index >= 15 is 0 Å². The van der Waals surface area contributed by atoms with E-state index in [0.717, 1.165) is 36.7 Å². The third-order valence-corrected chi connectivity index (χ3v) is 3.41. The Hall–Kier alpha value is -2.03. The van der Waals surface area contributed by atoms with Crippen molar-refractivity contribution in [1.82, 2.24) is 15.6 Å². The number of nitrogens with zero attached hydrogens (tertiary/aromatic N) is 2. The van der Waals surface area contributed by atoms with E-state index in [9.17, 15) is 5.11 Å². The van der Waals surface area contributed by atoms with Crippen LogP contribution in [0.15, 0.2) is 47.6 Å². The zero-order valence-electron chi connectivity index (χ0n) is 14.5. The van der Waals surface area contributed by atoms with Crippen molar-refractivity contribution in [2.45, 2.75) is 19.9 Å². The van der Waals surface area contributed by atoms with E-state index in [-0.39, 0.29) is 29.7 Å². The minimum Gasteiger partial charge on any atom is -0.504 e. The number of aromatic nitrogens is 1. The van der Waals surface area contributed by atoms with Gasteiger partial charge < -0.3 is 20.5 Å². The van der Waals surface area contributed by atoms with Gasteiger partial charge in [-0.25, -0.2) is 4.99 Å². The molecule has 1 aromatic heterocycles. The fraction of sp³-hybridized carbons (Fsp3) is 0.333. The number of pyridine rings is 1. The highest BCUT2D eigenvalue weighted by atomic mass is 127. The van der Waals surface area contributed by atoms with Crippen LogP contribution < -0.4 is 15.4 Å². The van der Waals surface area contributed by atoms with E-state index < -0.39 is 0 Å². The molecule has 0 aliphatic heterocycles. The lowest BCUT2D eigenvalue weighted by atomic mass is 10.2. The average molecular weight is 456 g/mol. The maximum atomic E-state index is 9.82. The van der Waals surface area contributed by atoms with Crippen molar-refractivity contribution in [3.05, 3.63) is 53.9 Å². The first-order valence-electron chi connectivity index (χ1n) is 8.01. The van der Waals surface area contributed by atoms with Crippen LogP contribution in [-0.4, -0.2) is 36.2 Å². The summed E-state index contributed by atoms with van der Waals surface area (Å²) in [6.45, 7) is 4.02. The number of phenolic OH excluding ortho intramolecular Hbond substituents is 1. The average Bonchev–Trinajstić information content (AvgIpc) is 2.60. The molecule has 2 aromatic rings. The van der Waals surface area contributed by atoms with E-state index in [0.29, 0.717) is 12.3 Å². The minimum absolute atomic E-state index is 0. The molecule has 7 heteroatoms. The second-order valence-electron chi connectivity index (χ2n) is 5.20. The van der Waals surface area contributed by atoms with E-state index in [4.69, 9.17) is 4.74 Å². The Labute approximate surface area is 165 Å². The summed E-state index contributed by atoms with van der Waals surface area (Å²) in [4.78, 5) is 8.83. The number of phenols is 1. The largest absolute Gasteiger partial charge is 0.504 e. The van der Waals surface area contributed by atoms with E-state index in [1.807, 2.05) is 31.2 Å². The Balaban J connectivity index is 0.00000312. The number of methoxy groups -OCH3 is 1.